The van der Waals surface area contributed by atoms with Crippen molar-refractivity contribution in [3.63, 3.8) is 0 Å². The van der Waals surface area contributed by atoms with Crippen LogP contribution >= 0.6 is 0 Å². The molecule has 1 atom stereocenters. The molecule has 1 aliphatic heterocycles. The second-order valence-electron chi connectivity index (χ2n) is 6.65. The van der Waals surface area contributed by atoms with Gasteiger partial charge in [0, 0.05) is 25.7 Å². The molecule has 2 saturated carbocycles. The molecule has 19 heavy (non-hydrogen) atoms. The predicted octanol–water partition coefficient (Wildman–Crippen LogP) is 1.78. The van der Waals surface area contributed by atoms with Gasteiger partial charge in [-0.2, -0.15) is 0 Å². The lowest BCUT2D eigenvalue weighted by molar-refractivity contribution is -0.147. The van der Waals surface area contributed by atoms with Gasteiger partial charge in [-0.25, -0.2) is 4.79 Å². The Morgan fingerprint density at radius 1 is 1.32 bits per heavy atom. The number of carboxylic acid groups (broad SMARTS) is 1. The van der Waals surface area contributed by atoms with Crippen LogP contribution in [0.1, 0.15) is 39.0 Å². The number of carbonyl (C=O) groups is 2. The molecular weight excluding hydrogens is 244 g/mol. The van der Waals surface area contributed by atoms with Crippen LogP contribution in [0.3, 0.4) is 0 Å². The average molecular weight is 266 g/mol. The molecule has 1 saturated heterocycles. The van der Waals surface area contributed by atoms with Crippen LogP contribution in [0.25, 0.3) is 0 Å². The molecule has 0 aromatic carbocycles. The third-order valence-corrected chi connectivity index (χ3v) is 4.65. The monoisotopic (exact) mass is 266 g/mol. The first-order valence-electron chi connectivity index (χ1n) is 7.28. The molecule has 2 amide bonds. The van der Waals surface area contributed by atoms with E-state index in [1.165, 1.54) is 12.8 Å². The van der Waals surface area contributed by atoms with Crippen molar-refractivity contribution in [2.45, 2.75) is 45.1 Å². The molecule has 106 valence electrons. The van der Waals surface area contributed by atoms with Crippen LogP contribution in [0.15, 0.2) is 0 Å². The third kappa shape index (κ3) is 2.55. The molecule has 3 fully saturated rings. The van der Waals surface area contributed by atoms with Crippen LogP contribution in [-0.2, 0) is 4.79 Å². The van der Waals surface area contributed by atoms with E-state index in [2.05, 4.69) is 0 Å². The number of rotatable bonds is 4. The molecular formula is C14H22N2O3. The summed E-state index contributed by atoms with van der Waals surface area (Å²) in [5.74, 6) is -0.0963. The van der Waals surface area contributed by atoms with E-state index >= 15 is 0 Å². The maximum atomic E-state index is 12.6. The number of carbonyl (C=O) groups excluding carboxylic acids is 1. The van der Waals surface area contributed by atoms with E-state index in [-0.39, 0.29) is 6.03 Å². The van der Waals surface area contributed by atoms with Gasteiger partial charge >= 0.3 is 12.0 Å². The van der Waals surface area contributed by atoms with Crippen LogP contribution in [-0.4, -0.2) is 52.6 Å². The van der Waals surface area contributed by atoms with Crippen LogP contribution in [0, 0.1) is 11.3 Å². The summed E-state index contributed by atoms with van der Waals surface area (Å²) in [6.45, 7) is 3.55. The van der Waals surface area contributed by atoms with E-state index in [1.54, 1.807) is 11.8 Å². The van der Waals surface area contributed by atoms with Crippen molar-refractivity contribution >= 4 is 12.0 Å². The highest BCUT2D eigenvalue weighted by molar-refractivity contribution is 5.80. The number of hydrogen-bond donors (Lipinski definition) is 1. The number of amides is 2. The Kier molecular flexibility index (Phi) is 2.95. The van der Waals surface area contributed by atoms with Crippen LogP contribution in [0.5, 0.6) is 0 Å². The van der Waals surface area contributed by atoms with Crippen molar-refractivity contribution in [1.29, 1.82) is 0 Å². The number of nitrogens with zero attached hydrogens (tertiary/aromatic N) is 2. The first-order chi connectivity index (χ1) is 8.99. The first-order valence-corrected chi connectivity index (χ1v) is 7.28. The summed E-state index contributed by atoms with van der Waals surface area (Å²) < 4.78 is 0. The van der Waals surface area contributed by atoms with Gasteiger partial charge < -0.3 is 14.9 Å². The Morgan fingerprint density at radius 2 is 2.00 bits per heavy atom. The summed E-state index contributed by atoms with van der Waals surface area (Å²) in [5, 5.41) is 9.24. The lowest BCUT2D eigenvalue weighted by Gasteiger charge is -2.29. The average Bonchev–Trinajstić information content (AvgIpc) is 3.25. The van der Waals surface area contributed by atoms with Gasteiger partial charge in [0.2, 0.25) is 0 Å². The summed E-state index contributed by atoms with van der Waals surface area (Å²) in [4.78, 5) is 27.6. The molecule has 0 spiro atoms. The van der Waals surface area contributed by atoms with Gasteiger partial charge in [0.25, 0.3) is 0 Å². The molecule has 5 nitrogen and oxygen atoms in total. The number of carboxylic acids is 1. The Labute approximate surface area is 113 Å². The lowest BCUT2D eigenvalue weighted by Crippen LogP contribution is -2.45. The minimum absolute atomic E-state index is 0.0689. The topological polar surface area (TPSA) is 60.9 Å². The zero-order valence-corrected chi connectivity index (χ0v) is 11.5. The molecule has 1 N–H and O–H groups in total. The first kappa shape index (κ1) is 12.8. The molecule has 0 aromatic heterocycles. The fourth-order valence-electron chi connectivity index (χ4n) is 2.83. The van der Waals surface area contributed by atoms with Crippen LogP contribution < -0.4 is 0 Å². The normalized spacial score (nSPS) is 30.5. The Balaban J connectivity index is 1.64. The van der Waals surface area contributed by atoms with Crippen LogP contribution in [0.4, 0.5) is 4.79 Å². The second-order valence-corrected chi connectivity index (χ2v) is 6.65. The Morgan fingerprint density at radius 3 is 2.47 bits per heavy atom. The highest BCUT2D eigenvalue weighted by atomic mass is 16.4. The Bertz CT molecular complexity index is 403. The maximum absolute atomic E-state index is 12.6. The smallest absolute Gasteiger partial charge is 0.320 e. The molecule has 1 heterocycles. The maximum Gasteiger partial charge on any atom is 0.320 e. The molecule has 1 unspecified atom stereocenters. The van der Waals surface area contributed by atoms with E-state index in [9.17, 15) is 14.7 Å². The summed E-state index contributed by atoms with van der Waals surface area (Å²) in [5.41, 5.74) is -0.759. The molecule has 5 heteroatoms. The Hall–Kier alpha value is -1.26. The molecule has 0 aromatic rings. The summed E-state index contributed by atoms with van der Waals surface area (Å²) in [7, 11) is 0. The highest BCUT2D eigenvalue weighted by Crippen LogP contribution is 2.37. The second kappa shape index (κ2) is 4.39. The largest absolute Gasteiger partial charge is 0.481 e. The van der Waals surface area contributed by atoms with Gasteiger partial charge in [-0.15, -0.1) is 0 Å². The van der Waals surface area contributed by atoms with Gasteiger partial charge in [0.15, 0.2) is 0 Å². The van der Waals surface area contributed by atoms with Gasteiger partial charge in [-0.1, -0.05) is 0 Å². The number of hydrogen-bond acceptors (Lipinski definition) is 2. The van der Waals surface area contributed by atoms with Gasteiger partial charge in [-0.3, -0.25) is 4.79 Å². The minimum atomic E-state index is -0.789. The van der Waals surface area contributed by atoms with Crippen molar-refractivity contribution in [2.75, 3.05) is 19.6 Å². The molecule has 2 aliphatic carbocycles. The standard InChI is InChI=1S/C14H22N2O3/c1-14(12(17)18)6-7-15(9-14)13(19)16(11-4-5-11)8-10-2-3-10/h10-11H,2-9H2,1H3,(H,17,18). The van der Waals surface area contributed by atoms with Gasteiger partial charge in [0.05, 0.1) is 5.41 Å². The molecule has 0 radical (unpaired) electrons. The number of aliphatic carboxylic acids is 1. The van der Waals surface area contributed by atoms with E-state index in [1.807, 2.05) is 4.90 Å². The number of urea groups is 1. The zero-order valence-electron chi connectivity index (χ0n) is 11.5. The van der Waals surface area contributed by atoms with Crippen molar-refractivity contribution in [3.05, 3.63) is 0 Å². The molecule has 0 bridgehead atoms. The fourth-order valence-corrected chi connectivity index (χ4v) is 2.83. The quantitative estimate of drug-likeness (QED) is 0.843. The SMILES string of the molecule is CC1(C(=O)O)CCN(C(=O)N(CC2CC2)C2CC2)C1. The van der Waals surface area contributed by atoms with Gasteiger partial charge in [0.1, 0.15) is 0 Å². The van der Waals surface area contributed by atoms with Crippen LogP contribution in [0.2, 0.25) is 0 Å². The van der Waals surface area contributed by atoms with Crippen molar-refractivity contribution < 1.29 is 14.7 Å². The zero-order chi connectivity index (χ0) is 13.6. The fraction of sp³-hybridized carbons (Fsp3) is 0.857. The minimum Gasteiger partial charge on any atom is -0.481 e. The number of likely N-dealkylation sites (tertiary alicyclic amines) is 1. The summed E-state index contributed by atoms with van der Waals surface area (Å²) in [6.07, 6.45) is 5.27. The third-order valence-electron chi connectivity index (χ3n) is 4.65. The van der Waals surface area contributed by atoms with Crippen molar-refractivity contribution in [1.82, 2.24) is 9.80 Å². The van der Waals surface area contributed by atoms with E-state index in [0.717, 1.165) is 19.4 Å². The van der Waals surface area contributed by atoms with Gasteiger partial charge in [-0.05, 0) is 44.9 Å². The molecule has 3 aliphatic rings. The van der Waals surface area contributed by atoms with Crippen molar-refractivity contribution in [3.8, 4) is 0 Å². The lowest BCUT2D eigenvalue weighted by atomic mass is 9.90. The predicted molar refractivity (Wildman–Crippen MR) is 69.8 cm³/mol. The molecule has 3 rings (SSSR count). The summed E-state index contributed by atoms with van der Waals surface area (Å²) >= 11 is 0. The van der Waals surface area contributed by atoms with E-state index in [0.29, 0.717) is 31.5 Å². The van der Waals surface area contributed by atoms with E-state index in [4.69, 9.17) is 0 Å². The highest BCUT2D eigenvalue weighted by Gasteiger charge is 2.45. The summed E-state index contributed by atoms with van der Waals surface area (Å²) in [6, 6.07) is 0.490. The van der Waals surface area contributed by atoms with Crippen molar-refractivity contribution in [2.24, 2.45) is 11.3 Å². The van der Waals surface area contributed by atoms with E-state index < -0.39 is 11.4 Å².